The Labute approximate surface area is 78.8 Å². The minimum atomic E-state index is -3.40. The molecular formula is C8H13NO3S. The summed E-state index contributed by atoms with van der Waals surface area (Å²) in [7, 11) is -3.40. The van der Waals surface area contributed by atoms with Crippen molar-refractivity contribution in [2.75, 3.05) is 12.9 Å². The van der Waals surface area contributed by atoms with Crippen LogP contribution in [0, 0.1) is 0 Å². The zero-order valence-electron chi connectivity index (χ0n) is 7.73. The molecule has 0 aromatic rings. The van der Waals surface area contributed by atoms with E-state index in [1.807, 2.05) is 0 Å². The zero-order chi connectivity index (χ0) is 10.3. The molecule has 0 N–H and O–H groups in total. The second-order valence-electron chi connectivity index (χ2n) is 2.27. The lowest BCUT2D eigenvalue weighted by atomic mass is 10.3. The molecule has 0 aliphatic rings. The lowest BCUT2D eigenvalue weighted by Crippen LogP contribution is -2.11. The number of aliphatic imine (C=N–C) groups is 1. The van der Waals surface area contributed by atoms with Crippen LogP contribution in [0.5, 0.6) is 0 Å². The first-order valence-electron chi connectivity index (χ1n) is 3.64. The lowest BCUT2D eigenvalue weighted by Gasteiger charge is -1.99. The molecule has 0 amide bonds. The molecule has 74 valence electrons. The fourth-order valence-electron chi connectivity index (χ4n) is 0.605. The first-order valence-corrected chi connectivity index (χ1v) is 5.46. The van der Waals surface area contributed by atoms with Gasteiger partial charge >= 0.3 is 0 Å². The van der Waals surface area contributed by atoms with E-state index < -0.39 is 10.1 Å². The van der Waals surface area contributed by atoms with Gasteiger partial charge in [-0.3, -0.25) is 9.18 Å². The molecule has 13 heavy (non-hydrogen) atoms. The summed E-state index contributed by atoms with van der Waals surface area (Å²) in [6.45, 7) is 5.15. The van der Waals surface area contributed by atoms with Crippen LogP contribution in [-0.2, 0) is 14.3 Å². The van der Waals surface area contributed by atoms with Crippen LogP contribution in [0.25, 0.3) is 0 Å². The van der Waals surface area contributed by atoms with Crippen LogP contribution >= 0.6 is 0 Å². The molecule has 0 aromatic carbocycles. The van der Waals surface area contributed by atoms with Gasteiger partial charge in [-0.1, -0.05) is 12.7 Å². The number of allylic oxidation sites excluding steroid dienone is 1. The van der Waals surface area contributed by atoms with E-state index in [-0.39, 0.29) is 6.61 Å². The number of nitrogens with zero attached hydrogens (tertiary/aromatic N) is 1. The zero-order valence-corrected chi connectivity index (χ0v) is 8.54. The summed E-state index contributed by atoms with van der Waals surface area (Å²) >= 11 is 0. The molecular weight excluding hydrogens is 190 g/mol. The Hall–Kier alpha value is -0.940. The van der Waals surface area contributed by atoms with Crippen LogP contribution in [0.3, 0.4) is 0 Å². The predicted octanol–water partition coefficient (Wildman–Crippen LogP) is 1.12. The van der Waals surface area contributed by atoms with E-state index in [1.165, 1.54) is 6.20 Å². The van der Waals surface area contributed by atoms with Crippen molar-refractivity contribution in [3.8, 4) is 0 Å². The molecule has 0 rings (SSSR count). The third-order valence-corrected chi connectivity index (χ3v) is 1.58. The molecule has 0 saturated heterocycles. The standard InChI is InChI=1S/C8H13NO3S/c1-4-6-8(9-5-2)7-12-13(3,10)11/h4-6H,2,7H2,1,3H3/b6-4-,9-8?. The molecule has 0 aliphatic heterocycles. The maximum atomic E-state index is 10.6. The Balaban J connectivity index is 4.29. The monoisotopic (exact) mass is 203 g/mol. The summed E-state index contributed by atoms with van der Waals surface area (Å²) in [5.41, 5.74) is 0.517. The van der Waals surface area contributed by atoms with Gasteiger partial charge in [0, 0.05) is 6.20 Å². The van der Waals surface area contributed by atoms with Gasteiger partial charge in [0.15, 0.2) is 0 Å². The molecule has 0 unspecified atom stereocenters. The smallest absolute Gasteiger partial charge is 0.264 e. The summed E-state index contributed by atoms with van der Waals surface area (Å²) in [6, 6.07) is 0. The minimum Gasteiger partial charge on any atom is -0.264 e. The molecule has 5 heteroatoms. The Morgan fingerprint density at radius 1 is 1.62 bits per heavy atom. The van der Waals surface area contributed by atoms with E-state index in [9.17, 15) is 8.42 Å². The average molecular weight is 203 g/mol. The molecule has 0 fully saturated rings. The van der Waals surface area contributed by atoms with E-state index in [0.29, 0.717) is 5.71 Å². The van der Waals surface area contributed by atoms with E-state index in [1.54, 1.807) is 19.1 Å². The fourth-order valence-corrected chi connectivity index (χ4v) is 0.940. The number of hydrogen-bond donors (Lipinski definition) is 0. The molecule has 0 aromatic heterocycles. The van der Waals surface area contributed by atoms with Crippen molar-refractivity contribution in [1.29, 1.82) is 0 Å². The highest BCUT2D eigenvalue weighted by molar-refractivity contribution is 7.86. The maximum absolute atomic E-state index is 10.6. The highest BCUT2D eigenvalue weighted by Crippen LogP contribution is 1.91. The van der Waals surface area contributed by atoms with Crippen molar-refractivity contribution >= 4 is 15.8 Å². The topological polar surface area (TPSA) is 55.7 Å². The van der Waals surface area contributed by atoms with Gasteiger partial charge in [-0.2, -0.15) is 8.42 Å². The van der Waals surface area contributed by atoms with Gasteiger partial charge in [0.1, 0.15) is 6.61 Å². The largest absolute Gasteiger partial charge is 0.264 e. The summed E-state index contributed by atoms with van der Waals surface area (Å²) in [5, 5.41) is 0. The fraction of sp³-hybridized carbons (Fsp3) is 0.375. The SMILES string of the molecule is C=CN=C(/C=C\C)COS(C)(=O)=O. The van der Waals surface area contributed by atoms with Gasteiger partial charge in [-0.05, 0) is 13.0 Å². The van der Waals surface area contributed by atoms with E-state index in [4.69, 9.17) is 0 Å². The third-order valence-electron chi connectivity index (χ3n) is 1.04. The minimum absolute atomic E-state index is 0.0603. The highest BCUT2D eigenvalue weighted by atomic mass is 32.2. The normalized spacial score (nSPS) is 13.5. The molecule has 0 bridgehead atoms. The summed E-state index contributed by atoms with van der Waals surface area (Å²) in [5.74, 6) is 0. The van der Waals surface area contributed by atoms with E-state index in [0.717, 1.165) is 6.26 Å². The Bertz CT molecular complexity index is 314. The second-order valence-corrected chi connectivity index (χ2v) is 3.91. The van der Waals surface area contributed by atoms with Crippen molar-refractivity contribution in [3.63, 3.8) is 0 Å². The van der Waals surface area contributed by atoms with Gasteiger partial charge in [-0.25, -0.2) is 0 Å². The average Bonchev–Trinajstić information content (AvgIpc) is 2.00. The predicted molar refractivity (Wildman–Crippen MR) is 53.2 cm³/mol. The molecule has 0 spiro atoms. The maximum Gasteiger partial charge on any atom is 0.264 e. The highest BCUT2D eigenvalue weighted by Gasteiger charge is 2.02. The van der Waals surface area contributed by atoms with Crippen LogP contribution in [0.1, 0.15) is 6.92 Å². The molecule has 0 radical (unpaired) electrons. The van der Waals surface area contributed by atoms with Crippen LogP contribution in [0.15, 0.2) is 29.9 Å². The van der Waals surface area contributed by atoms with Crippen molar-refractivity contribution in [2.45, 2.75) is 6.92 Å². The van der Waals surface area contributed by atoms with Gasteiger partial charge in [0.25, 0.3) is 10.1 Å². The number of rotatable bonds is 5. The van der Waals surface area contributed by atoms with E-state index in [2.05, 4.69) is 15.8 Å². The van der Waals surface area contributed by atoms with Gasteiger partial charge in [0.2, 0.25) is 0 Å². The first kappa shape index (κ1) is 12.1. The lowest BCUT2D eigenvalue weighted by molar-refractivity contribution is 0.373. The van der Waals surface area contributed by atoms with Crippen molar-refractivity contribution in [2.24, 2.45) is 4.99 Å². The molecule has 4 nitrogen and oxygen atoms in total. The molecule has 0 aliphatic carbocycles. The van der Waals surface area contributed by atoms with Gasteiger partial charge in [-0.15, -0.1) is 0 Å². The van der Waals surface area contributed by atoms with Crippen LogP contribution < -0.4 is 0 Å². The van der Waals surface area contributed by atoms with Gasteiger partial charge in [0.05, 0.1) is 12.0 Å². The quantitative estimate of drug-likeness (QED) is 0.497. The van der Waals surface area contributed by atoms with Crippen LogP contribution in [-0.4, -0.2) is 27.0 Å². The molecule has 0 heterocycles. The van der Waals surface area contributed by atoms with Crippen LogP contribution in [0.4, 0.5) is 0 Å². The second kappa shape index (κ2) is 5.66. The molecule has 0 atom stereocenters. The van der Waals surface area contributed by atoms with Crippen molar-refractivity contribution in [1.82, 2.24) is 0 Å². The third kappa shape index (κ3) is 7.42. The van der Waals surface area contributed by atoms with Crippen LogP contribution in [0.2, 0.25) is 0 Å². The van der Waals surface area contributed by atoms with Crippen molar-refractivity contribution < 1.29 is 12.6 Å². The Morgan fingerprint density at radius 2 is 2.23 bits per heavy atom. The Morgan fingerprint density at radius 3 is 2.62 bits per heavy atom. The summed E-state index contributed by atoms with van der Waals surface area (Å²) < 4.78 is 25.8. The van der Waals surface area contributed by atoms with E-state index >= 15 is 0 Å². The molecule has 0 saturated carbocycles. The summed E-state index contributed by atoms with van der Waals surface area (Å²) in [6.07, 6.45) is 5.73. The number of hydrogen-bond acceptors (Lipinski definition) is 4. The summed E-state index contributed by atoms with van der Waals surface area (Å²) in [4.78, 5) is 3.82. The van der Waals surface area contributed by atoms with Crippen molar-refractivity contribution in [3.05, 3.63) is 24.9 Å². The Kier molecular flexibility index (Phi) is 5.25. The van der Waals surface area contributed by atoms with Gasteiger partial charge < -0.3 is 0 Å². The first-order chi connectivity index (χ1) is 5.99.